The number of ketones is 1. The highest BCUT2D eigenvalue weighted by Gasteiger charge is 2.64. The highest BCUT2D eigenvalue weighted by Crippen LogP contribution is 2.73. The minimum atomic E-state index is 0.177. The molecule has 3 aliphatic carbocycles. The van der Waals surface area contributed by atoms with E-state index in [9.17, 15) is 4.79 Å². The van der Waals surface area contributed by atoms with Crippen molar-refractivity contribution in [3.63, 3.8) is 0 Å². The summed E-state index contributed by atoms with van der Waals surface area (Å²) in [5, 5.41) is 0. The maximum absolute atomic E-state index is 11.9. The van der Waals surface area contributed by atoms with Gasteiger partial charge in [-0.25, -0.2) is 0 Å². The number of carbonyl (C=O) groups is 1. The van der Waals surface area contributed by atoms with Crippen LogP contribution >= 0.6 is 0 Å². The van der Waals surface area contributed by atoms with E-state index in [-0.39, 0.29) is 10.8 Å². The van der Waals surface area contributed by atoms with Gasteiger partial charge in [0.05, 0.1) is 0 Å². The third-order valence-electron chi connectivity index (χ3n) is 5.96. The van der Waals surface area contributed by atoms with Crippen LogP contribution in [0.3, 0.4) is 0 Å². The molecule has 2 bridgehead atoms. The van der Waals surface area contributed by atoms with Crippen molar-refractivity contribution < 1.29 is 4.79 Å². The fraction of sp³-hybridized carbons (Fsp3) is 0.800. The molecule has 0 N–H and O–H groups in total. The zero-order valence-corrected chi connectivity index (χ0v) is 10.9. The number of fused-ring (bicyclic) bond motifs is 1. The summed E-state index contributed by atoms with van der Waals surface area (Å²) >= 11 is 0. The molecule has 0 aliphatic heterocycles. The smallest absolute Gasteiger partial charge is 0.156 e. The normalized spacial score (nSPS) is 43.1. The summed E-state index contributed by atoms with van der Waals surface area (Å²) in [7, 11) is 0. The predicted octanol–water partition coefficient (Wildman–Crippen LogP) is 3.74. The first-order valence-electron chi connectivity index (χ1n) is 6.55. The van der Waals surface area contributed by atoms with Crippen LogP contribution in [-0.4, -0.2) is 5.78 Å². The number of carbonyl (C=O) groups excluding carboxylic acids is 1. The van der Waals surface area contributed by atoms with E-state index < -0.39 is 0 Å². The molecule has 1 nitrogen and oxygen atoms in total. The Bertz CT molecular complexity index is 400. The van der Waals surface area contributed by atoms with Gasteiger partial charge in [0.15, 0.2) is 5.78 Å². The molecule has 88 valence electrons. The highest BCUT2D eigenvalue weighted by atomic mass is 16.1. The van der Waals surface area contributed by atoms with Gasteiger partial charge in [-0.05, 0) is 47.5 Å². The quantitative estimate of drug-likeness (QED) is 0.605. The Kier molecular flexibility index (Phi) is 1.73. The summed E-state index contributed by atoms with van der Waals surface area (Å²) in [6.07, 6.45) is 6.75. The van der Waals surface area contributed by atoms with E-state index in [1.807, 2.05) is 6.08 Å². The Hall–Kier alpha value is -0.590. The molecule has 16 heavy (non-hydrogen) atoms. The van der Waals surface area contributed by atoms with Crippen LogP contribution < -0.4 is 0 Å². The summed E-state index contributed by atoms with van der Waals surface area (Å²) in [4.78, 5) is 11.9. The van der Waals surface area contributed by atoms with Crippen molar-refractivity contribution in [1.82, 2.24) is 0 Å². The molecule has 1 spiro atoms. The van der Waals surface area contributed by atoms with Gasteiger partial charge in [0.1, 0.15) is 0 Å². The Morgan fingerprint density at radius 1 is 1.25 bits per heavy atom. The number of hydrogen-bond donors (Lipinski definition) is 0. The van der Waals surface area contributed by atoms with Crippen LogP contribution in [0.15, 0.2) is 11.6 Å². The Balaban J connectivity index is 2.22. The first-order chi connectivity index (χ1) is 7.30. The third kappa shape index (κ3) is 0.959. The second kappa shape index (κ2) is 2.63. The lowest BCUT2D eigenvalue weighted by atomic mass is 9.53. The molecule has 1 unspecified atom stereocenters. The van der Waals surface area contributed by atoms with Crippen molar-refractivity contribution in [2.45, 2.75) is 53.4 Å². The van der Waals surface area contributed by atoms with E-state index in [1.165, 1.54) is 24.8 Å². The summed E-state index contributed by atoms with van der Waals surface area (Å²) in [5.74, 6) is 1.16. The molecule has 0 heterocycles. The Labute approximate surface area is 98.3 Å². The Morgan fingerprint density at radius 3 is 2.62 bits per heavy atom. The van der Waals surface area contributed by atoms with Gasteiger partial charge in [-0.2, -0.15) is 0 Å². The molecule has 0 aromatic rings. The van der Waals surface area contributed by atoms with Gasteiger partial charge in [0.2, 0.25) is 0 Å². The maximum atomic E-state index is 11.9. The zero-order chi connectivity index (χ0) is 11.8. The zero-order valence-electron chi connectivity index (χ0n) is 10.9. The SMILES string of the molecule is CC1(C)C2=CC(=O)CC(C)(C)C23CC[C@H]1C3. The summed E-state index contributed by atoms with van der Waals surface area (Å²) < 4.78 is 0. The lowest BCUT2D eigenvalue weighted by molar-refractivity contribution is -0.119. The minimum absolute atomic E-state index is 0.177. The van der Waals surface area contributed by atoms with E-state index in [0.717, 1.165) is 12.3 Å². The maximum Gasteiger partial charge on any atom is 0.156 e. The molecule has 3 aliphatic rings. The van der Waals surface area contributed by atoms with E-state index >= 15 is 0 Å². The van der Waals surface area contributed by atoms with Crippen LogP contribution in [-0.2, 0) is 4.79 Å². The molecule has 3 rings (SSSR count). The van der Waals surface area contributed by atoms with Crippen molar-refractivity contribution in [3.8, 4) is 0 Å². The fourth-order valence-corrected chi connectivity index (χ4v) is 4.86. The van der Waals surface area contributed by atoms with Gasteiger partial charge < -0.3 is 0 Å². The summed E-state index contributed by atoms with van der Waals surface area (Å²) in [6.45, 7) is 9.31. The largest absolute Gasteiger partial charge is 0.295 e. The number of hydrogen-bond acceptors (Lipinski definition) is 1. The molecule has 2 fully saturated rings. The standard InChI is InChI=1S/C15H22O/c1-13(2)9-11(16)7-12-14(3,4)10-5-6-15(12,13)8-10/h7,10H,5-6,8-9H2,1-4H3/t10-,15?/m0/s1. The topological polar surface area (TPSA) is 17.1 Å². The van der Waals surface area contributed by atoms with Crippen LogP contribution in [0.25, 0.3) is 0 Å². The Morgan fingerprint density at radius 2 is 1.94 bits per heavy atom. The van der Waals surface area contributed by atoms with Crippen LogP contribution in [0, 0.1) is 22.2 Å². The molecule has 1 heteroatoms. The van der Waals surface area contributed by atoms with Crippen molar-refractivity contribution in [3.05, 3.63) is 11.6 Å². The molecule has 2 saturated carbocycles. The molecular formula is C15H22O. The minimum Gasteiger partial charge on any atom is -0.295 e. The van der Waals surface area contributed by atoms with Crippen LogP contribution in [0.1, 0.15) is 53.4 Å². The van der Waals surface area contributed by atoms with E-state index in [4.69, 9.17) is 0 Å². The molecule has 0 radical (unpaired) electrons. The van der Waals surface area contributed by atoms with E-state index in [1.54, 1.807) is 0 Å². The fourth-order valence-electron chi connectivity index (χ4n) is 4.86. The van der Waals surface area contributed by atoms with Gasteiger partial charge in [-0.3, -0.25) is 4.79 Å². The van der Waals surface area contributed by atoms with Crippen LogP contribution in [0.2, 0.25) is 0 Å². The van der Waals surface area contributed by atoms with Crippen molar-refractivity contribution >= 4 is 5.78 Å². The average Bonchev–Trinajstić information content (AvgIpc) is 2.63. The third-order valence-corrected chi connectivity index (χ3v) is 5.96. The van der Waals surface area contributed by atoms with E-state index in [2.05, 4.69) is 27.7 Å². The first kappa shape index (κ1) is 10.6. The molecule has 0 aromatic heterocycles. The van der Waals surface area contributed by atoms with Gasteiger partial charge >= 0.3 is 0 Å². The average molecular weight is 218 g/mol. The lowest BCUT2D eigenvalue weighted by Gasteiger charge is -2.50. The second-order valence-corrected chi connectivity index (χ2v) is 7.33. The summed E-state index contributed by atoms with van der Waals surface area (Å²) in [5.41, 5.74) is 2.29. The lowest BCUT2D eigenvalue weighted by Crippen LogP contribution is -2.43. The molecule has 0 amide bonds. The number of allylic oxidation sites excluding steroid dienone is 2. The molecule has 2 atom stereocenters. The monoisotopic (exact) mass is 218 g/mol. The second-order valence-electron chi connectivity index (χ2n) is 7.33. The summed E-state index contributed by atoms with van der Waals surface area (Å²) in [6, 6.07) is 0. The van der Waals surface area contributed by atoms with Crippen LogP contribution in [0.5, 0.6) is 0 Å². The van der Waals surface area contributed by atoms with Gasteiger partial charge in [-0.1, -0.05) is 33.3 Å². The van der Waals surface area contributed by atoms with Gasteiger partial charge in [-0.15, -0.1) is 0 Å². The first-order valence-corrected chi connectivity index (χ1v) is 6.55. The highest BCUT2D eigenvalue weighted by molar-refractivity contribution is 5.93. The van der Waals surface area contributed by atoms with Gasteiger partial charge in [0.25, 0.3) is 0 Å². The predicted molar refractivity (Wildman–Crippen MR) is 65.0 cm³/mol. The van der Waals surface area contributed by atoms with Crippen LogP contribution in [0.4, 0.5) is 0 Å². The molecule has 0 aromatic carbocycles. The number of rotatable bonds is 0. The molecule has 0 saturated heterocycles. The van der Waals surface area contributed by atoms with Crippen molar-refractivity contribution in [2.75, 3.05) is 0 Å². The van der Waals surface area contributed by atoms with Crippen molar-refractivity contribution in [2.24, 2.45) is 22.2 Å². The molecular weight excluding hydrogens is 196 g/mol. The van der Waals surface area contributed by atoms with E-state index in [0.29, 0.717) is 11.2 Å². The van der Waals surface area contributed by atoms with Crippen molar-refractivity contribution in [1.29, 1.82) is 0 Å². The van der Waals surface area contributed by atoms with Gasteiger partial charge in [0, 0.05) is 6.42 Å².